The van der Waals surface area contributed by atoms with Crippen LogP contribution in [-0.2, 0) is 13.5 Å². The lowest BCUT2D eigenvalue weighted by Crippen LogP contribution is -2.02. The highest BCUT2D eigenvalue weighted by atomic mass is 16.5. The Balaban J connectivity index is 2.66. The lowest BCUT2D eigenvalue weighted by Gasteiger charge is -2.06. The van der Waals surface area contributed by atoms with Gasteiger partial charge in [0.25, 0.3) is 0 Å². The molecule has 1 aromatic heterocycles. The first-order valence-electron chi connectivity index (χ1n) is 5.50. The molecule has 0 aliphatic heterocycles. The zero-order valence-corrected chi connectivity index (χ0v) is 10.1. The molecule has 16 heavy (non-hydrogen) atoms. The van der Waals surface area contributed by atoms with E-state index in [4.69, 9.17) is 10.5 Å². The number of hydrogen-bond acceptors (Lipinski definition) is 2. The SMILES string of the molecule is COc1cc2c(cc1C)c(CCN)cn2C. The summed E-state index contributed by atoms with van der Waals surface area (Å²) in [6.07, 6.45) is 3.07. The van der Waals surface area contributed by atoms with Gasteiger partial charge in [-0.15, -0.1) is 0 Å². The van der Waals surface area contributed by atoms with E-state index < -0.39 is 0 Å². The Bertz CT molecular complexity index is 514. The molecule has 1 aromatic carbocycles. The van der Waals surface area contributed by atoms with Crippen molar-refractivity contribution in [1.29, 1.82) is 0 Å². The van der Waals surface area contributed by atoms with Crippen molar-refractivity contribution >= 4 is 10.9 Å². The summed E-state index contributed by atoms with van der Waals surface area (Å²) in [7, 11) is 3.76. The van der Waals surface area contributed by atoms with Gasteiger partial charge in [0.1, 0.15) is 5.75 Å². The van der Waals surface area contributed by atoms with Crippen molar-refractivity contribution in [2.45, 2.75) is 13.3 Å². The van der Waals surface area contributed by atoms with E-state index in [9.17, 15) is 0 Å². The zero-order chi connectivity index (χ0) is 11.7. The third kappa shape index (κ3) is 1.67. The fraction of sp³-hybridized carbons (Fsp3) is 0.385. The van der Waals surface area contributed by atoms with Crippen molar-refractivity contribution in [3.8, 4) is 5.75 Å². The van der Waals surface area contributed by atoms with E-state index in [-0.39, 0.29) is 0 Å². The molecule has 0 radical (unpaired) electrons. The van der Waals surface area contributed by atoms with Crippen molar-refractivity contribution < 1.29 is 4.74 Å². The van der Waals surface area contributed by atoms with Gasteiger partial charge in [0, 0.05) is 24.7 Å². The van der Waals surface area contributed by atoms with Crippen LogP contribution in [0.1, 0.15) is 11.1 Å². The minimum absolute atomic E-state index is 0.685. The van der Waals surface area contributed by atoms with Crippen LogP contribution in [0.5, 0.6) is 5.75 Å². The standard InChI is InChI=1S/C13H18N2O/c1-9-6-11-10(4-5-14)8-15(2)12(11)7-13(9)16-3/h6-8H,4-5,14H2,1-3H3. The number of methoxy groups -OCH3 is 1. The lowest BCUT2D eigenvalue weighted by atomic mass is 10.1. The molecule has 0 atom stereocenters. The fourth-order valence-electron chi connectivity index (χ4n) is 2.17. The van der Waals surface area contributed by atoms with Crippen LogP contribution in [0.3, 0.4) is 0 Å². The number of ether oxygens (including phenoxy) is 1. The summed E-state index contributed by atoms with van der Waals surface area (Å²) < 4.78 is 7.47. The molecule has 0 aliphatic carbocycles. The molecule has 3 nitrogen and oxygen atoms in total. The lowest BCUT2D eigenvalue weighted by molar-refractivity contribution is 0.412. The second-order valence-electron chi connectivity index (χ2n) is 4.14. The van der Waals surface area contributed by atoms with Crippen molar-refractivity contribution in [2.24, 2.45) is 12.8 Å². The summed E-state index contributed by atoms with van der Waals surface area (Å²) in [4.78, 5) is 0. The van der Waals surface area contributed by atoms with Gasteiger partial charge < -0.3 is 15.0 Å². The van der Waals surface area contributed by atoms with Crippen LogP contribution >= 0.6 is 0 Å². The number of nitrogens with two attached hydrogens (primary N) is 1. The Hall–Kier alpha value is -1.48. The molecule has 0 fully saturated rings. The van der Waals surface area contributed by atoms with Crippen molar-refractivity contribution in [1.82, 2.24) is 4.57 Å². The third-order valence-electron chi connectivity index (χ3n) is 3.00. The maximum Gasteiger partial charge on any atom is 0.123 e. The topological polar surface area (TPSA) is 40.2 Å². The van der Waals surface area contributed by atoms with Crippen LogP contribution in [0, 0.1) is 6.92 Å². The molecule has 2 aromatic rings. The highest BCUT2D eigenvalue weighted by Crippen LogP contribution is 2.28. The predicted octanol–water partition coefficient (Wildman–Crippen LogP) is 2.00. The van der Waals surface area contributed by atoms with E-state index >= 15 is 0 Å². The third-order valence-corrected chi connectivity index (χ3v) is 3.00. The minimum Gasteiger partial charge on any atom is -0.496 e. The average molecular weight is 218 g/mol. The molecule has 0 saturated heterocycles. The molecule has 86 valence electrons. The van der Waals surface area contributed by atoms with Gasteiger partial charge >= 0.3 is 0 Å². The average Bonchev–Trinajstić information content (AvgIpc) is 2.55. The van der Waals surface area contributed by atoms with Gasteiger partial charge in [0.15, 0.2) is 0 Å². The van der Waals surface area contributed by atoms with Gasteiger partial charge in [0.05, 0.1) is 12.6 Å². The molecular weight excluding hydrogens is 200 g/mol. The molecule has 2 rings (SSSR count). The second kappa shape index (κ2) is 4.18. The quantitative estimate of drug-likeness (QED) is 0.856. The Morgan fingerprint density at radius 3 is 2.75 bits per heavy atom. The first kappa shape index (κ1) is 11.0. The molecule has 0 bridgehead atoms. The van der Waals surface area contributed by atoms with Gasteiger partial charge in [0.2, 0.25) is 0 Å². The van der Waals surface area contributed by atoms with Gasteiger partial charge in [-0.25, -0.2) is 0 Å². The Labute approximate surface area is 95.8 Å². The maximum atomic E-state index is 5.62. The minimum atomic E-state index is 0.685. The summed E-state index contributed by atoms with van der Waals surface area (Å²) in [5, 5.41) is 1.28. The molecule has 2 N–H and O–H groups in total. The largest absolute Gasteiger partial charge is 0.496 e. The van der Waals surface area contributed by atoms with E-state index in [1.807, 2.05) is 0 Å². The summed E-state index contributed by atoms with van der Waals surface area (Å²) in [6, 6.07) is 4.27. The summed E-state index contributed by atoms with van der Waals surface area (Å²) in [5.74, 6) is 0.938. The Kier molecular flexibility index (Phi) is 2.88. The summed E-state index contributed by atoms with van der Waals surface area (Å²) >= 11 is 0. The fourth-order valence-corrected chi connectivity index (χ4v) is 2.17. The number of rotatable bonds is 3. The van der Waals surface area contributed by atoms with Crippen LogP contribution in [0.4, 0.5) is 0 Å². The van der Waals surface area contributed by atoms with Gasteiger partial charge in [-0.1, -0.05) is 0 Å². The maximum absolute atomic E-state index is 5.62. The highest BCUT2D eigenvalue weighted by Gasteiger charge is 2.09. The highest BCUT2D eigenvalue weighted by molar-refractivity contribution is 5.86. The molecular formula is C13H18N2O. The number of benzene rings is 1. The van der Waals surface area contributed by atoms with Crippen molar-refractivity contribution in [3.63, 3.8) is 0 Å². The molecule has 0 aliphatic rings. The van der Waals surface area contributed by atoms with E-state index in [1.54, 1.807) is 7.11 Å². The molecule has 0 spiro atoms. The first-order valence-corrected chi connectivity index (χ1v) is 5.50. The van der Waals surface area contributed by atoms with E-state index in [2.05, 4.69) is 36.9 Å². The number of aromatic nitrogens is 1. The first-order chi connectivity index (χ1) is 7.67. The number of hydrogen-bond donors (Lipinski definition) is 1. The van der Waals surface area contributed by atoms with Gasteiger partial charge in [-0.2, -0.15) is 0 Å². The number of aryl methyl sites for hydroxylation is 2. The van der Waals surface area contributed by atoms with Crippen LogP contribution < -0.4 is 10.5 Å². The predicted molar refractivity (Wildman–Crippen MR) is 67.0 cm³/mol. The van der Waals surface area contributed by atoms with E-state index in [0.717, 1.165) is 12.2 Å². The molecule has 0 amide bonds. The smallest absolute Gasteiger partial charge is 0.123 e. The molecule has 0 unspecified atom stereocenters. The van der Waals surface area contributed by atoms with Crippen LogP contribution in [0.25, 0.3) is 10.9 Å². The van der Waals surface area contributed by atoms with Crippen molar-refractivity contribution in [3.05, 3.63) is 29.5 Å². The van der Waals surface area contributed by atoms with Crippen LogP contribution in [-0.4, -0.2) is 18.2 Å². The molecule has 1 heterocycles. The molecule has 0 saturated carbocycles. The van der Waals surface area contributed by atoms with Gasteiger partial charge in [-0.05, 0) is 37.1 Å². The number of fused-ring (bicyclic) bond motifs is 1. The normalized spacial score (nSPS) is 11.0. The van der Waals surface area contributed by atoms with Crippen molar-refractivity contribution in [2.75, 3.05) is 13.7 Å². The molecule has 3 heteroatoms. The number of nitrogens with zero attached hydrogens (tertiary/aromatic N) is 1. The van der Waals surface area contributed by atoms with Crippen LogP contribution in [0.15, 0.2) is 18.3 Å². The second-order valence-corrected chi connectivity index (χ2v) is 4.14. The van der Waals surface area contributed by atoms with E-state index in [0.29, 0.717) is 6.54 Å². The summed E-state index contributed by atoms with van der Waals surface area (Å²) in [5.41, 5.74) is 9.30. The zero-order valence-electron chi connectivity index (χ0n) is 10.1. The Morgan fingerprint density at radius 1 is 1.38 bits per heavy atom. The monoisotopic (exact) mass is 218 g/mol. The Morgan fingerprint density at radius 2 is 2.12 bits per heavy atom. The van der Waals surface area contributed by atoms with Crippen LogP contribution in [0.2, 0.25) is 0 Å². The summed E-state index contributed by atoms with van der Waals surface area (Å²) in [6.45, 7) is 2.75. The van der Waals surface area contributed by atoms with Gasteiger partial charge in [-0.3, -0.25) is 0 Å². The van der Waals surface area contributed by atoms with E-state index in [1.165, 1.54) is 22.0 Å².